The molecule has 0 aliphatic heterocycles. The largest absolute Gasteiger partial charge is 0.303 e. The van der Waals surface area contributed by atoms with Gasteiger partial charge in [-0.2, -0.15) is 0 Å². The van der Waals surface area contributed by atoms with Crippen molar-refractivity contribution in [3.8, 4) is 0 Å². The highest BCUT2D eigenvalue weighted by atomic mass is 19.1. The second kappa shape index (κ2) is 3.28. The summed E-state index contributed by atoms with van der Waals surface area (Å²) < 4.78 is 12.6. The fraction of sp³-hybridized carbons (Fsp3) is 0.222. The number of benzene rings is 1. The van der Waals surface area contributed by atoms with Crippen molar-refractivity contribution < 1.29 is 9.18 Å². The minimum Gasteiger partial charge on any atom is -0.303 e. The summed E-state index contributed by atoms with van der Waals surface area (Å²) in [6, 6.07) is 4.62. The van der Waals surface area contributed by atoms with Crippen molar-refractivity contribution in [3.05, 3.63) is 35.1 Å². The van der Waals surface area contributed by atoms with Crippen LogP contribution in [0.1, 0.15) is 11.1 Å². The molecule has 1 aromatic carbocycles. The highest BCUT2D eigenvalue weighted by Gasteiger charge is 1.96. The van der Waals surface area contributed by atoms with Gasteiger partial charge >= 0.3 is 0 Å². The topological polar surface area (TPSA) is 17.1 Å². The van der Waals surface area contributed by atoms with Gasteiger partial charge in [0.1, 0.15) is 12.1 Å². The molecule has 0 saturated heterocycles. The first kappa shape index (κ1) is 7.92. The summed E-state index contributed by atoms with van der Waals surface area (Å²) in [5.74, 6) is -0.276. The summed E-state index contributed by atoms with van der Waals surface area (Å²) in [6.45, 7) is 1.80. The van der Waals surface area contributed by atoms with Crippen molar-refractivity contribution in [1.29, 1.82) is 0 Å². The lowest BCUT2D eigenvalue weighted by Gasteiger charge is -1.97. The first-order valence-corrected chi connectivity index (χ1v) is 3.42. The Morgan fingerprint density at radius 2 is 2.18 bits per heavy atom. The lowest BCUT2D eigenvalue weighted by Crippen LogP contribution is -1.88. The number of rotatable bonds is 2. The van der Waals surface area contributed by atoms with E-state index in [2.05, 4.69) is 0 Å². The van der Waals surface area contributed by atoms with Gasteiger partial charge < -0.3 is 4.79 Å². The third-order valence-electron chi connectivity index (χ3n) is 1.42. The molecule has 1 nitrogen and oxygen atoms in total. The summed E-state index contributed by atoms with van der Waals surface area (Å²) in [5.41, 5.74) is 1.58. The maximum atomic E-state index is 12.6. The van der Waals surface area contributed by atoms with Crippen LogP contribution in [-0.4, -0.2) is 6.29 Å². The van der Waals surface area contributed by atoms with Crippen LogP contribution in [0.15, 0.2) is 18.2 Å². The van der Waals surface area contributed by atoms with Gasteiger partial charge in [0.05, 0.1) is 0 Å². The van der Waals surface area contributed by atoms with Gasteiger partial charge in [-0.3, -0.25) is 0 Å². The van der Waals surface area contributed by atoms with Crippen molar-refractivity contribution in [2.75, 3.05) is 0 Å². The molecule has 0 aliphatic carbocycles. The lowest BCUT2D eigenvalue weighted by atomic mass is 10.1. The smallest absolute Gasteiger partial charge is 0.124 e. The molecule has 2 heteroatoms. The summed E-state index contributed by atoms with van der Waals surface area (Å²) in [6.07, 6.45) is 1.06. The molecule has 0 fully saturated rings. The zero-order valence-electron chi connectivity index (χ0n) is 6.30. The van der Waals surface area contributed by atoms with Crippen molar-refractivity contribution in [1.82, 2.24) is 0 Å². The molecule has 0 saturated carbocycles. The van der Waals surface area contributed by atoms with Crippen molar-refractivity contribution in [2.45, 2.75) is 13.3 Å². The number of halogens is 1. The minimum atomic E-state index is -0.276. The molecule has 0 bridgehead atoms. The molecule has 1 aromatic rings. The molecule has 0 unspecified atom stereocenters. The average Bonchev–Trinajstić information content (AvgIpc) is 1.85. The Bertz CT molecular complexity index is 248. The third kappa shape index (κ3) is 2.15. The van der Waals surface area contributed by atoms with Crippen LogP contribution in [0.4, 0.5) is 4.39 Å². The molecule has 0 spiro atoms. The highest BCUT2D eigenvalue weighted by Crippen LogP contribution is 2.07. The number of carbonyl (C=O) groups excluding carboxylic acids is 1. The predicted molar refractivity (Wildman–Crippen MR) is 40.9 cm³/mol. The zero-order valence-corrected chi connectivity index (χ0v) is 6.30. The van der Waals surface area contributed by atoms with Gasteiger partial charge in [0, 0.05) is 6.42 Å². The van der Waals surface area contributed by atoms with E-state index in [4.69, 9.17) is 0 Å². The van der Waals surface area contributed by atoms with Gasteiger partial charge in [-0.1, -0.05) is 6.07 Å². The fourth-order valence-electron chi connectivity index (χ4n) is 1.03. The molecule has 0 heterocycles. The Balaban J connectivity index is 2.98. The van der Waals surface area contributed by atoms with Crippen LogP contribution in [0.5, 0.6) is 0 Å². The van der Waals surface area contributed by atoms with Crippen LogP contribution in [0.25, 0.3) is 0 Å². The van der Waals surface area contributed by atoms with Gasteiger partial charge in [-0.25, -0.2) is 4.39 Å². The number of aryl methyl sites for hydroxylation is 1. The van der Waals surface area contributed by atoms with E-state index in [9.17, 15) is 9.18 Å². The normalized spacial score (nSPS) is 9.64. The van der Waals surface area contributed by atoms with E-state index in [1.165, 1.54) is 12.1 Å². The molecule has 1 rings (SSSR count). The minimum absolute atomic E-state index is 0.276. The molecule has 11 heavy (non-hydrogen) atoms. The number of hydrogen-bond acceptors (Lipinski definition) is 1. The number of aldehydes is 1. The Morgan fingerprint density at radius 1 is 1.45 bits per heavy atom. The van der Waals surface area contributed by atoms with Crippen LogP contribution < -0.4 is 0 Å². The standard InChI is InChI=1S/C9H9FO/c1-7-4-8(2-3-11)6-9(10)5-7/h3-6H,2H2,1H3. The SMILES string of the molecule is Cc1cc(F)cc(CC=O)c1. The van der Waals surface area contributed by atoms with E-state index in [0.29, 0.717) is 6.42 Å². The Morgan fingerprint density at radius 3 is 2.73 bits per heavy atom. The first-order chi connectivity index (χ1) is 5.22. The van der Waals surface area contributed by atoms with Gasteiger partial charge in [0.25, 0.3) is 0 Å². The van der Waals surface area contributed by atoms with E-state index in [1.54, 1.807) is 13.0 Å². The monoisotopic (exact) mass is 152 g/mol. The average molecular weight is 152 g/mol. The number of carbonyl (C=O) groups is 1. The summed E-state index contributed by atoms with van der Waals surface area (Å²) in [7, 11) is 0. The molecule has 0 N–H and O–H groups in total. The van der Waals surface area contributed by atoms with E-state index >= 15 is 0 Å². The van der Waals surface area contributed by atoms with E-state index in [1.807, 2.05) is 0 Å². The lowest BCUT2D eigenvalue weighted by molar-refractivity contribution is -0.107. The number of hydrogen-bond donors (Lipinski definition) is 0. The molecule has 0 radical (unpaired) electrons. The van der Waals surface area contributed by atoms with Crippen molar-refractivity contribution in [3.63, 3.8) is 0 Å². The fourth-order valence-corrected chi connectivity index (χ4v) is 1.03. The molecular formula is C9H9FO. The summed E-state index contributed by atoms with van der Waals surface area (Å²) in [4.78, 5) is 10.1. The molecule has 0 aliphatic rings. The van der Waals surface area contributed by atoms with Crippen LogP contribution in [-0.2, 0) is 11.2 Å². The highest BCUT2D eigenvalue weighted by molar-refractivity contribution is 5.55. The second-order valence-corrected chi connectivity index (χ2v) is 2.51. The van der Waals surface area contributed by atoms with Crippen LogP contribution >= 0.6 is 0 Å². The van der Waals surface area contributed by atoms with Crippen LogP contribution in [0, 0.1) is 12.7 Å². The second-order valence-electron chi connectivity index (χ2n) is 2.51. The summed E-state index contributed by atoms with van der Waals surface area (Å²) in [5, 5.41) is 0. The Kier molecular flexibility index (Phi) is 2.36. The first-order valence-electron chi connectivity index (χ1n) is 3.42. The van der Waals surface area contributed by atoms with Crippen molar-refractivity contribution in [2.24, 2.45) is 0 Å². The van der Waals surface area contributed by atoms with Gasteiger partial charge in [0.15, 0.2) is 0 Å². The maximum Gasteiger partial charge on any atom is 0.124 e. The van der Waals surface area contributed by atoms with Gasteiger partial charge in [0.2, 0.25) is 0 Å². The molecular weight excluding hydrogens is 143 g/mol. The van der Waals surface area contributed by atoms with Crippen LogP contribution in [0.3, 0.4) is 0 Å². The maximum absolute atomic E-state index is 12.6. The van der Waals surface area contributed by atoms with Gasteiger partial charge in [-0.15, -0.1) is 0 Å². The van der Waals surface area contributed by atoms with E-state index < -0.39 is 0 Å². The molecule has 0 atom stereocenters. The third-order valence-corrected chi connectivity index (χ3v) is 1.42. The molecule has 0 aromatic heterocycles. The summed E-state index contributed by atoms with van der Waals surface area (Å²) >= 11 is 0. The molecule has 58 valence electrons. The van der Waals surface area contributed by atoms with E-state index in [0.717, 1.165) is 17.4 Å². The van der Waals surface area contributed by atoms with Gasteiger partial charge in [-0.05, 0) is 30.2 Å². The predicted octanol–water partition coefficient (Wildman–Crippen LogP) is 1.88. The quantitative estimate of drug-likeness (QED) is 0.591. The molecule has 0 amide bonds. The Labute approximate surface area is 64.9 Å². The van der Waals surface area contributed by atoms with Crippen molar-refractivity contribution >= 4 is 6.29 Å². The Hall–Kier alpha value is -1.18. The van der Waals surface area contributed by atoms with E-state index in [-0.39, 0.29) is 5.82 Å². The zero-order chi connectivity index (χ0) is 8.27. The van der Waals surface area contributed by atoms with Crippen LogP contribution in [0.2, 0.25) is 0 Å².